The van der Waals surface area contributed by atoms with Gasteiger partial charge in [0.2, 0.25) is 18.4 Å². The monoisotopic (exact) mass is 634 g/mol. The first-order valence-electron chi connectivity index (χ1n) is 16.0. The maximum absolute atomic E-state index is 14.4. The number of carboxylic acids is 1. The Morgan fingerprint density at radius 2 is 1.93 bits per heavy atom. The number of methoxy groups -OCH3 is 1. The molecule has 2 aliphatic rings. The highest BCUT2D eigenvalue weighted by molar-refractivity contribution is 5.95. The summed E-state index contributed by atoms with van der Waals surface area (Å²) in [5.74, 6) is -1.20. The molecule has 0 bridgehead atoms. The lowest BCUT2D eigenvalue weighted by atomic mass is 9.83. The second-order valence-corrected chi connectivity index (χ2v) is 12.1. The Labute approximate surface area is 269 Å². The zero-order valence-corrected chi connectivity index (χ0v) is 26.9. The molecule has 246 valence electrons. The molecule has 3 heterocycles. The largest absolute Gasteiger partial charge is 0.493 e. The number of fused-ring (bicyclic) bond motifs is 1. The summed E-state index contributed by atoms with van der Waals surface area (Å²) in [6, 6.07) is 9.71. The molecule has 1 amide bonds. The van der Waals surface area contributed by atoms with Gasteiger partial charge in [-0.2, -0.15) is 0 Å². The molecule has 2 aromatic carbocycles. The summed E-state index contributed by atoms with van der Waals surface area (Å²) in [7, 11) is 1.54. The van der Waals surface area contributed by atoms with Crippen molar-refractivity contribution in [2.24, 2.45) is 5.92 Å². The van der Waals surface area contributed by atoms with Crippen LogP contribution >= 0.6 is 0 Å². The van der Waals surface area contributed by atoms with E-state index in [1.165, 1.54) is 19.5 Å². The van der Waals surface area contributed by atoms with Crippen LogP contribution in [0.15, 0.2) is 48.9 Å². The topological polar surface area (TPSA) is 114 Å². The van der Waals surface area contributed by atoms with Crippen molar-refractivity contribution >= 4 is 17.6 Å². The molecule has 1 saturated heterocycles. The van der Waals surface area contributed by atoms with Crippen LogP contribution in [-0.2, 0) is 16.0 Å². The number of aromatic nitrogens is 2. The second kappa shape index (κ2) is 14.9. The molecule has 1 unspecified atom stereocenters. The number of carbonyl (C=O) groups excluding carboxylic acids is 1. The van der Waals surface area contributed by atoms with Crippen LogP contribution in [0.1, 0.15) is 68.7 Å². The van der Waals surface area contributed by atoms with Crippen molar-refractivity contribution < 1.29 is 33.3 Å². The first kappa shape index (κ1) is 33.1. The summed E-state index contributed by atoms with van der Waals surface area (Å²) in [6.45, 7) is 6.28. The normalized spacial score (nSPS) is 19.0. The number of likely N-dealkylation sites (tertiary alicyclic amines) is 1. The first-order chi connectivity index (χ1) is 22.2. The molecule has 46 heavy (non-hydrogen) atoms. The summed E-state index contributed by atoms with van der Waals surface area (Å²) in [6.07, 6.45) is 7.50. The number of aryl methyl sites for hydroxylation is 2. The summed E-state index contributed by atoms with van der Waals surface area (Å²) < 4.78 is 31.1. The Kier molecular flexibility index (Phi) is 10.7. The number of hydrogen-bond acceptors (Lipinski definition) is 8. The van der Waals surface area contributed by atoms with Crippen LogP contribution in [-0.4, -0.2) is 70.9 Å². The van der Waals surface area contributed by atoms with Gasteiger partial charge in [-0.15, -0.1) is 0 Å². The van der Waals surface area contributed by atoms with Gasteiger partial charge in [-0.25, -0.2) is 14.4 Å². The van der Waals surface area contributed by atoms with E-state index in [1.54, 1.807) is 25.3 Å². The average Bonchev–Trinajstić information content (AvgIpc) is 3.67. The lowest BCUT2D eigenvalue weighted by Crippen LogP contribution is -2.48. The van der Waals surface area contributed by atoms with E-state index in [9.17, 15) is 19.1 Å². The van der Waals surface area contributed by atoms with E-state index in [1.807, 2.05) is 28.0 Å². The molecular weight excluding hydrogens is 591 g/mol. The predicted molar refractivity (Wildman–Crippen MR) is 171 cm³/mol. The first-order valence-corrected chi connectivity index (χ1v) is 16.0. The van der Waals surface area contributed by atoms with E-state index in [-0.39, 0.29) is 31.1 Å². The molecule has 3 atom stereocenters. The minimum Gasteiger partial charge on any atom is -0.493 e. The summed E-state index contributed by atoms with van der Waals surface area (Å²) >= 11 is 0. The Morgan fingerprint density at radius 1 is 1.15 bits per heavy atom. The lowest BCUT2D eigenvalue weighted by molar-refractivity contribution is -0.143. The van der Waals surface area contributed by atoms with Crippen LogP contribution in [0, 0.1) is 18.7 Å². The Hall–Kier alpha value is -4.25. The second-order valence-electron chi connectivity index (χ2n) is 12.1. The SMILES string of the molecule is CCCC(CCC)N(C(=O)CN1C[C@H](c2cc(OC)c3c(c2)OCO3)C(C(=O)O)[C@@H]1CCc1ccncn1)c1ccc(F)c(C)c1. The Bertz CT molecular complexity index is 1520. The standard InChI is InChI=1S/C35H43FN4O6/c1-5-7-25(8-6-2)40(26-10-11-28(36)22(3)15-26)32(41)19-39-18-27(23-16-30(44-4)34-31(17-23)45-21-46-34)33(35(42)43)29(39)12-9-24-13-14-37-20-38-24/h10-11,13-17,20,25,27,29,33H,5-9,12,18-19,21H2,1-4H3,(H,42,43)/t27-,29+,33?/m1/s1. The van der Waals surface area contributed by atoms with E-state index >= 15 is 0 Å². The van der Waals surface area contributed by atoms with Crippen molar-refractivity contribution in [2.45, 2.75) is 77.3 Å². The number of nitrogens with zero attached hydrogens (tertiary/aromatic N) is 4. The smallest absolute Gasteiger partial charge is 0.308 e. The molecule has 3 aromatic rings. The van der Waals surface area contributed by atoms with Crippen molar-refractivity contribution in [2.75, 3.05) is 31.9 Å². The third kappa shape index (κ3) is 7.09. The number of rotatable bonds is 14. The van der Waals surface area contributed by atoms with Gasteiger partial charge < -0.3 is 24.2 Å². The fraction of sp³-hybridized carbons (Fsp3) is 0.486. The number of hydrogen-bond donors (Lipinski definition) is 1. The summed E-state index contributed by atoms with van der Waals surface area (Å²) in [5, 5.41) is 10.7. The number of anilines is 1. The highest BCUT2D eigenvalue weighted by Crippen LogP contribution is 2.47. The molecule has 11 heteroatoms. The van der Waals surface area contributed by atoms with Crippen LogP contribution in [0.3, 0.4) is 0 Å². The molecule has 2 aliphatic heterocycles. The van der Waals surface area contributed by atoms with E-state index in [4.69, 9.17) is 14.2 Å². The molecule has 5 rings (SSSR count). The van der Waals surface area contributed by atoms with E-state index in [0.717, 1.165) is 36.9 Å². The number of benzene rings is 2. The number of carbonyl (C=O) groups is 2. The fourth-order valence-electron chi connectivity index (χ4n) is 6.97. The van der Waals surface area contributed by atoms with Gasteiger partial charge >= 0.3 is 5.97 Å². The Balaban J connectivity index is 1.52. The third-order valence-electron chi connectivity index (χ3n) is 9.12. The molecule has 0 saturated carbocycles. The number of amides is 1. The third-order valence-corrected chi connectivity index (χ3v) is 9.12. The number of halogens is 1. The predicted octanol–water partition coefficient (Wildman–Crippen LogP) is 5.76. The van der Waals surface area contributed by atoms with Crippen molar-refractivity contribution in [1.29, 1.82) is 0 Å². The molecular formula is C35H43FN4O6. The molecule has 1 N–H and O–H groups in total. The zero-order valence-electron chi connectivity index (χ0n) is 26.9. The van der Waals surface area contributed by atoms with Crippen LogP contribution in [0.5, 0.6) is 17.2 Å². The van der Waals surface area contributed by atoms with Crippen molar-refractivity contribution in [1.82, 2.24) is 14.9 Å². The highest BCUT2D eigenvalue weighted by atomic mass is 19.1. The molecule has 0 spiro atoms. The summed E-state index contributed by atoms with van der Waals surface area (Å²) in [5.41, 5.74) is 2.66. The van der Waals surface area contributed by atoms with Gasteiger partial charge in [-0.05, 0) is 80.1 Å². The Morgan fingerprint density at radius 3 is 2.59 bits per heavy atom. The molecule has 0 radical (unpaired) electrons. The minimum atomic E-state index is -0.940. The average molecular weight is 635 g/mol. The van der Waals surface area contributed by atoms with Gasteiger partial charge in [0, 0.05) is 42.1 Å². The number of ether oxygens (including phenoxy) is 3. The van der Waals surface area contributed by atoms with Crippen LogP contribution in [0.2, 0.25) is 0 Å². The van der Waals surface area contributed by atoms with E-state index < -0.39 is 23.8 Å². The minimum absolute atomic E-state index is 0.0107. The van der Waals surface area contributed by atoms with Gasteiger partial charge in [-0.1, -0.05) is 26.7 Å². The molecule has 10 nitrogen and oxygen atoms in total. The summed E-state index contributed by atoms with van der Waals surface area (Å²) in [4.78, 5) is 39.7. The van der Waals surface area contributed by atoms with Crippen molar-refractivity contribution in [3.05, 3.63) is 71.6 Å². The van der Waals surface area contributed by atoms with Crippen LogP contribution in [0.25, 0.3) is 0 Å². The quantitative estimate of drug-likeness (QED) is 0.236. The van der Waals surface area contributed by atoms with Crippen molar-refractivity contribution in [3.63, 3.8) is 0 Å². The van der Waals surface area contributed by atoms with Gasteiger partial charge in [0.1, 0.15) is 12.1 Å². The number of aliphatic carboxylic acids is 1. The molecule has 1 fully saturated rings. The lowest BCUT2D eigenvalue weighted by Gasteiger charge is -2.35. The maximum atomic E-state index is 14.4. The van der Waals surface area contributed by atoms with Gasteiger partial charge in [-0.3, -0.25) is 14.5 Å². The van der Waals surface area contributed by atoms with Gasteiger partial charge in [0.15, 0.2) is 11.5 Å². The fourth-order valence-corrected chi connectivity index (χ4v) is 6.97. The van der Waals surface area contributed by atoms with Gasteiger partial charge in [0.05, 0.1) is 19.6 Å². The maximum Gasteiger partial charge on any atom is 0.308 e. The number of carboxylic acid groups (broad SMARTS) is 1. The van der Waals surface area contributed by atoms with Crippen molar-refractivity contribution in [3.8, 4) is 17.2 Å². The highest BCUT2D eigenvalue weighted by Gasteiger charge is 2.48. The molecule has 0 aliphatic carbocycles. The van der Waals surface area contributed by atoms with Crippen LogP contribution < -0.4 is 19.1 Å². The van der Waals surface area contributed by atoms with E-state index in [0.29, 0.717) is 47.9 Å². The van der Waals surface area contributed by atoms with E-state index in [2.05, 4.69) is 23.8 Å². The van der Waals surface area contributed by atoms with Crippen LogP contribution in [0.4, 0.5) is 10.1 Å². The molecule has 1 aromatic heterocycles. The zero-order chi connectivity index (χ0) is 32.8. The van der Waals surface area contributed by atoms with Gasteiger partial charge in [0.25, 0.3) is 0 Å².